The van der Waals surface area contributed by atoms with Crippen molar-refractivity contribution in [1.29, 1.82) is 0 Å². The molecule has 0 saturated carbocycles. The zero-order valence-electron chi connectivity index (χ0n) is 14.8. The number of methoxy groups -OCH3 is 1. The molecule has 134 valence electrons. The molecule has 0 bridgehead atoms. The standard InChI is InChI=1S/C20H21N3O3/c1-3-26-16-9-7-14(8-10-16)13-21-20(24)19-12-18(22-23-19)15-5-4-6-17(11-15)25-2/h4-12H,3,13H2,1-2H3,(H,21,24)(H,22,23). The molecule has 2 aromatic carbocycles. The lowest BCUT2D eigenvalue weighted by Crippen LogP contribution is -2.23. The predicted octanol–water partition coefficient (Wildman–Crippen LogP) is 3.41. The molecule has 0 fully saturated rings. The number of amides is 1. The first-order chi connectivity index (χ1) is 12.7. The van der Waals surface area contributed by atoms with E-state index in [2.05, 4.69) is 15.5 Å². The Hall–Kier alpha value is -3.28. The van der Waals surface area contributed by atoms with Gasteiger partial charge in [-0.1, -0.05) is 24.3 Å². The van der Waals surface area contributed by atoms with Gasteiger partial charge in [0.2, 0.25) is 0 Å². The maximum Gasteiger partial charge on any atom is 0.269 e. The van der Waals surface area contributed by atoms with Crippen LogP contribution in [0.15, 0.2) is 54.6 Å². The van der Waals surface area contributed by atoms with Crippen molar-refractivity contribution in [3.63, 3.8) is 0 Å². The van der Waals surface area contributed by atoms with Crippen LogP contribution in [0.1, 0.15) is 23.0 Å². The lowest BCUT2D eigenvalue weighted by Gasteiger charge is -2.06. The Morgan fingerprint density at radius 2 is 1.92 bits per heavy atom. The summed E-state index contributed by atoms with van der Waals surface area (Å²) in [4.78, 5) is 12.3. The minimum atomic E-state index is -0.208. The maximum absolute atomic E-state index is 12.3. The summed E-state index contributed by atoms with van der Waals surface area (Å²) in [6, 6.07) is 16.9. The molecular weight excluding hydrogens is 330 g/mol. The van der Waals surface area contributed by atoms with Crippen LogP contribution >= 0.6 is 0 Å². The molecule has 2 N–H and O–H groups in total. The van der Waals surface area contributed by atoms with Gasteiger partial charge in [0.25, 0.3) is 5.91 Å². The Balaban J connectivity index is 1.62. The van der Waals surface area contributed by atoms with Crippen LogP contribution in [-0.4, -0.2) is 29.8 Å². The van der Waals surface area contributed by atoms with Crippen LogP contribution in [0.3, 0.4) is 0 Å². The number of hydrogen-bond donors (Lipinski definition) is 2. The zero-order chi connectivity index (χ0) is 18.4. The summed E-state index contributed by atoms with van der Waals surface area (Å²) < 4.78 is 10.6. The highest BCUT2D eigenvalue weighted by Gasteiger charge is 2.11. The van der Waals surface area contributed by atoms with Crippen LogP contribution in [0, 0.1) is 0 Å². The second-order valence-corrected chi connectivity index (χ2v) is 5.66. The first-order valence-electron chi connectivity index (χ1n) is 8.39. The van der Waals surface area contributed by atoms with Gasteiger partial charge in [-0.15, -0.1) is 0 Å². The van der Waals surface area contributed by atoms with Crippen LogP contribution in [0.5, 0.6) is 11.5 Å². The Bertz CT molecular complexity index is 872. The quantitative estimate of drug-likeness (QED) is 0.684. The van der Waals surface area contributed by atoms with Crippen molar-refractivity contribution in [2.24, 2.45) is 0 Å². The smallest absolute Gasteiger partial charge is 0.269 e. The third kappa shape index (κ3) is 4.22. The van der Waals surface area contributed by atoms with Crippen LogP contribution < -0.4 is 14.8 Å². The average Bonchev–Trinajstić information content (AvgIpc) is 3.18. The van der Waals surface area contributed by atoms with E-state index in [9.17, 15) is 4.79 Å². The van der Waals surface area contributed by atoms with Crippen molar-refractivity contribution in [1.82, 2.24) is 15.5 Å². The molecule has 26 heavy (non-hydrogen) atoms. The molecule has 1 amide bonds. The first kappa shape index (κ1) is 17.5. The Morgan fingerprint density at radius 1 is 1.12 bits per heavy atom. The molecular formula is C20H21N3O3. The van der Waals surface area contributed by atoms with E-state index in [0.29, 0.717) is 24.5 Å². The predicted molar refractivity (Wildman–Crippen MR) is 99.4 cm³/mol. The largest absolute Gasteiger partial charge is 0.497 e. The molecule has 1 aromatic heterocycles. The summed E-state index contributed by atoms with van der Waals surface area (Å²) in [5.74, 6) is 1.35. The molecule has 0 atom stereocenters. The van der Waals surface area contributed by atoms with Gasteiger partial charge in [0, 0.05) is 12.1 Å². The minimum absolute atomic E-state index is 0.208. The lowest BCUT2D eigenvalue weighted by molar-refractivity contribution is 0.0946. The van der Waals surface area contributed by atoms with Crippen molar-refractivity contribution in [3.8, 4) is 22.8 Å². The Labute approximate surface area is 152 Å². The van der Waals surface area contributed by atoms with Crippen LogP contribution in [0.4, 0.5) is 0 Å². The number of benzene rings is 2. The van der Waals surface area contributed by atoms with Crippen molar-refractivity contribution >= 4 is 5.91 Å². The first-order valence-corrected chi connectivity index (χ1v) is 8.39. The summed E-state index contributed by atoms with van der Waals surface area (Å²) in [7, 11) is 1.61. The van der Waals surface area contributed by atoms with Crippen molar-refractivity contribution < 1.29 is 14.3 Å². The zero-order valence-corrected chi connectivity index (χ0v) is 14.8. The Morgan fingerprint density at radius 3 is 2.65 bits per heavy atom. The number of nitrogens with one attached hydrogen (secondary N) is 2. The van der Waals surface area contributed by atoms with Crippen LogP contribution in [0.25, 0.3) is 11.3 Å². The second-order valence-electron chi connectivity index (χ2n) is 5.66. The molecule has 0 aliphatic rings. The number of aromatic amines is 1. The van der Waals surface area contributed by atoms with Gasteiger partial charge in [-0.05, 0) is 42.8 Å². The number of rotatable bonds is 7. The van der Waals surface area contributed by atoms with E-state index in [1.807, 2.05) is 55.5 Å². The lowest BCUT2D eigenvalue weighted by atomic mass is 10.1. The third-order valence-corrected chi connectivity index (χ3v) is 3.88. The van der Waals surface area contributed by atoms with Gasteiger partial charge in [0.1, 0.15) is 17.2 Å². The summed E-state index contributed by atoms with van der Waals surface area (Å²) >= 11 is 0. The number of nitrogens with zero attached hydrogens (tertiary/aromatic N) is 1. The number of ether oxygens (including phenoxy) is 2. The SMILES string of the molecule is CCOc1ccc(CNC(=O)c2cc(-c3cccc(OC)c3)n[nH]2)cc1. The minimum Gasteiger partial charge on any atom is -0.497 e. The number of hydrogen-bond acceptors (Lipinski definition) is 4. The van der Waals surface area contributed by atoms with E-state index in [1.165, 1.54) is 0 Å². The highest BCUT2D eigenvalue weighted by atomic mass is 16.5. The van der Waals surface area contributed by atoms with E-state index in [4.69, 9.17) is 9.47 Å². The third-order valence-electron chi connectivity index (χ3n) is 3.88. The molecule has 0 saturated heterocycles. The van der Waals surface area contributed by atoms with Gasteiger partial charge in [-0.2, -0.15) is 5.10 Å². The van der Waals surface area contributed by atoms with Gasteiger partial charge >= 0.3 is 0 Å². The number of carbonyl (C=O) groups is 1. The van der Waals surface area contributed by atoms with E-state index >= 15 is 0 Å². The van der Waals surface area contributed by atoms with Crippen molar-refractivity contribution in [2.45, 2.75) is 13.5 Å². The molecule has 0 unspecified atom stereocenters. The summed E-state index contributed by atoms with van der Waals surface area (Å²) in [6.07, 6.45) is 0. The normalized spacial score (nSPS) is 10.4. The highest BCUT2D eigenvalue weighted by molar-refractivity contribution is 5.93. The van der Waals surface area contributed by atoms with E-state index in [1.54, 1.807) is 13.2 Å². The van der Waals surface area contributed by atoms with Crippen molar-refractivity contribution in [2.75, 3.05) is 13.7 Å². The fourth-order valence-electron chi connectivity index (χ4n) is 2.52. The molecule has 0 spiro atoms. The van der Waals surface area contributed by atoms with Gasteiger partial charge < -0.3 is 14.8 Å². The summed E-state index contributed by atoms with van der Waals surface area (Å²) in [6.45, 7) is 3.00. The maximum atomic E-state index is 12.3. The topological polar surface area (TPSA) is 76.2 Å². The van der Waals surface area contributed by atoms with E-state index in [0.717, 1.165) is 22.6 Å². The molecule has 0 aliphatic carbocycles. The second kappa shape index (κ2) is 8.20. The number of H-pyrrole nitrogens is 1. The van der Waals surface area contributed by atoms with Crippen LogP contribution in [0.2, 0.25) is 0 Å². The van der Waals surface area contributed by atoms with Gasteiger partial charge in [-0.25, -0.2) is 0 Å². The van der Waals surface area contributed by atoms with Gasteiger partial charge in [0.05, 0.1) is 19.4 Å². The van der Waals surface area contributed by atoms with E-state index in [-0.39, 0.29) is 5.91 Å². The summed E-state index contributed by atoms with van der Waals surface area (Å²) in [5.41, 5.74) is 2.98. The molecule has 3 aromatic rings. The average molecular weight is 351 g/mol. The molecule has 6 heteroatoms. The summed E-state index contributed by atoms with van der Waals surface area (Å²) in [5, 5.41) is 9.87. The molecule has 1 heterocycles. The highest BCUT2D eigenvalue weighted by Crippen LogP contribution is 2.22. The Kier molecular flexibility index (Phi) is 5.53. The van der Waals surface area contributed by atoms with Crippen molar-refractivity contribution in [3.05, 3.63) is 65.9 Å². The molecule has 0 aliphatic heterocycles. The van der Waals surface area contributed by atoms with Gasteiger partial charge in [-0.3, -0.25) is 9.89 Å². The monoisotopic (exact) mass is 351 g/mol. The van der Waals surface area contributed by atoms with Crippen LogP contribution in [-0.2, 0) is 6.54 Å². The molecule has 3 rings (SSSR count). The number of carbonyl (C=O) groups excluding carboxylic acids is 1. The van der Waals surface area contributed by atoms with E-state index < -0.39 is 0 Å². The fourth-order valence-corrected chi connectivity index (χ4v) is 2.52. The fraction of sp³-hybridized carbons (Fsp3) is 0.200. The van der Waals surface area contributed by atoms with Gasteiger partial charge in [0.15, 0.2) is 0 Å². The number of aromatic nitrogens is 2. The molecule has 0 radical (unpaired) electrons. The molecule has 6 nitrogen and oxygen atoms in total.